The molecular formula is C19H15N5O2. The van der Waals surface area contributed by atoms with Gasteiger partial charge in [0.25, 0.3) is 5.91 Å². The van der Waals surface area contributed by atoms with Crippen LogP contribution >= 0.6 is 0 Å². The summed E-state index contributed by atoms with van der Waals surface area (Å²) in [6.45, 7) is -0.124. The maximum absolute atomic E-state index is 11.9. The van der Waals surface area contributed by atoms with Gasteiger partial charge in [-0.2, -0.15) is 5.26 Å². The molecule has 128 valence electrons. The number of carbonyl (C=O) groups excluding carboxylic acids is 1. The van der Waals surface area contributed by atoms with Gasteiger partial charge in [-0.25, -0.2) is 0 Å². The van der Waals surface area contributed by atoms with Crippen molar-refractivity contribution in [1.82, 2.24) is 10.2 Å². The number of aromatic nitrogens is 2. The zero-order valence-electron chi connectivity index (χ0n) is 13.7. The third-order valence-corrected chi connectivity index (χ3v) is 3.36. The second kappa shape index (κ2) is 8.26. The van der Waals surface area contributed by atoms with E-state index >= 15 is 0 Å². The van der Waals surface area contributed by atoms with Crippen molar-refractivity contribution in [3.05, 3.63) is 72.3 Å². The van der Waals surface area contributed by atoms with Crippen LogP contribution in [0, 0.1) is 11.3 Å². The number of anilines is 3. The first kappa shape index (κ1) is 16.9. The highest BCUT2D eigenvalue weighted by molar-refractivity contribution is 5.90. The summed E-state index contributed by atoms with van der Waals surface area (Å²) in [7, 11) is 0. The summed E-state index contributed by atoms with van der Waals surface area (Å²) in [5, 5.41) is 22.6. The number of nitrogens with one attached hydrogen (secondary N) is 2. The molecule has 0 aliphatic rings. The van der Waals surface area contributed by atoms with Gasteiger partial charge in [0.05, 0.1) is 11.3 Å². The number of nitriles is 1. The Morgan fingerprint density at radius 2 is 1.65 bits per heavy atom. The Hall–Kier alpha value is -3.92. The number of carbonyl (C=O) groups is 1. The molecule has 0 saturated carbocycles. The molecule has 7 nitrogen and oxygen atoms in total. The topological polar surface area (TPSA) is 99.9 Å². The van der Waals surface area contributed by atoms with Gasteiger partial charge < -0.3 is 15.4 Å². The van der Waals surface area contributed by atoms with E-state index in [9.17, 15) is 4.79 Å². The van der Waals surface area contributed by atoms with E-state index in [4.69, 9.17) is 10.00 Å². The minimum atomic E-state index is -0.335. The molecule has 1 amide bonds. The lowest BCUT2D eigenvalue weighted by molar-refractivity contribution is -0.118. The van der Waals surface area contributed by atoms with Gasteiger partial charge in [0.15, 0.2) is 18.2 Å². The van der Waals surface area contributed by atoms with Crippen LogP contribution in [0.1, 0.15) is 5.56 Å². The summed E-state index contributed by atoms with van der Waals surface area (Å²) >= 11 is 0. The van der Waals surface area contributed by atoms with E-state index in [0.29, 0.717) is 28.6 Å². The summed E-state index contributed by atoms with van der Waals surface area (Å²) in [4.78, 5) is 11.9. The summed E-state index contributed by atoms with van der Waals surface area (Å²) in [5.41, 5.74) is 1.14. The van der Waals surface area contributed by atoms with Crippen molar-refractivity contribution in [1.29, 1.82) is 5.26 Å². The first-order valence-electron chi connectivity index (χ1n) is 7.82. The second-order valence-corrected chi connectivity index (χ2v) is 5.24. The third kappa shape index (κ3) is 4.55. The summed E-state index contributed by atoms with van der Waals surface area (Å²) < 4.78 is 5.37. The molecule has 0 bridgehead atoms. The minimum absolute atomic E-state index is 0.124. The number of ether oxygens (including phenoxy) is 1. The number of rotatable bonds is 6. The van der Waals surface area contributed by atoms with Crippen molar-refractivity contribution in [3.8, 4) is 11.8 Å². The Morgan fingerprint density at radius 3 is 2.38 bits per heavy atom. The fourth-order valence-corrected chi connectivity index (χ4v) is 2.14. The molecule has 0 unspecified atom stereocenters. The van der Waals surface area contributed by atoms with Crippen LogP contribution < -0.4 is 15.4 Å². The van der Waals surface area contributed by atoms with Crippen LogP contribution in [0.4, 0.5) is 17.3 Å². The maximum Gasteiger partial charge on any atom is 0.263 e. The number of nitrogens with zero attached hydrogens (tertiary/aromatic N) is 3. The van der Waals surface area contributed by atoms with E-state index in [1.54, 1.807) is 42.5 Å². The largest absolute Gasteiger partial charge is 0.484 e. The smallest absolute Gasteiger partial charge is 0.263 e. The Kier molecular flexibility index (Phi) is 5.38. The molecule has 7 heteroatoms. The highest BCUT2D eigenvalue weighted by atomic mass is 16.5. The quantitative estimate of drug-likeness (QED) is 0.712. The molecule has 3 rings (SSSR count). The van der Waals surface area contributed by atoms with Gasteiger partial charge in [0.1, 0.15) is 11.8 Å². The van der Waals surface area contributed by atoms with Gasteiger partial charge in [0.2, 0.25) is 0 Å². The van der Waals surface area contributed by atoms with Crippen molar-refractivity contribution >= 4 is 23.2 Å². The number of benzene rings is 2. The van der Waals surface area contributed by atoms with Crippen LogP contribution in [0.15, 0.2) is 66.7 Å². The molecule has 1 aromatic heterocycles. The molecule has 0 atom stereocenters. The lowest BCUT2D eigenvalue weighted by atomic mass is 10.2. The van der Waals surface area contributed by atoms with E-state index in [0.717, 1.165) is 0 Å². The molecule has 2 N–H and O–H groups in total. The fraction of sp³-hybridized carbons (Fsp3) is 0.0526. The average Bonchev–Trinajstić information content (AvgIpc) is 2.69. The SMILES string of the molecule is N#Cc1ccccc1Nc1ccc(NC(=O)COc2ccccc2)nn1. The van der Waals surface area contributed by atoms with Crippen molar-refractivity contribution in [3.63, 3.8) is 0 Å². The summed E-state index contributed by atoms with van der Waals surface area (Å²) in [5.74, 6) is 1.06. The Bertz CT molecular complexity index is 921. The van der Waals surface area contributed by atoms with E-state index < -0.39 is 0 Å². The van der Waals surface area contributed by atoms with E-state index in [2.05, 4.69) is 26.9 Å². The average molecular weight is 345 g/mol. The van der Waals surface area contributed by atoms with Crippen LogP contribution in [-0.2, 0) is 4.79 Å². The van der Waals surface area contributed by atoms with Gasteiger partial charge in [-0.15, -0.1) is 10.2 Å². The first-order chi connectivity index (χ1) is 12.7. The molecule has 2 aromatic carbocycles. The van der Waals surface area contributed by atoms with Crippen molar-refractivity contribution in [2.24, 2.45) is 0 Å². The van der Waals surface area contributed by atoms with Gasteiger partial charge in [-0.3, -0.25) is 4.79 Å². The lowest BCUT2D eigenvalue weighted by Crippen LogP contribution is -2.21. The second-order valence-electron chi connectivity index (χ2n) is 5.24. The van der Waals surface area contributed by atoms with E-state index in [-0.39, 0.29) is 12.5 Å². The van der Waals surface area contributed by atoms with Crippen LogP contribution in [0.2, 0.25) is 0 Å². The van der Waals surface area contributed by atoms with Crippen LogP contribution in [-0.4, -0.2) is 22.7 Å². The number of amides is 1. The van der Waals surface area contributed by atoms with Crippen LogP contribution in [0.25, 0.3) is 0 Å². The van der Waals surface area contributed by atoms with E-state index in [1.807, 2.05) is 24.3 Å². The molecule has 0 spiro atoms. The molecule has 0 aliphatic carbocycles. The molecule has 0 fully saturated rings. The Balaban J connectivity index is 1.56. The van der Waals surface area contributed by atoms with Gasteiger partial charge in [-0.05, 0) is 36.4 Å². The summed E-state index contributed by atoms with van der Waals surface area (Å²) in [6, 6.07) is 21.5. The van der Waals surface area contributed by atoms with E-state index in [1.165, 1.54) is 0 Å². The zero-order chi connectivity index (χ0) is 18.2. The lowest BCUT2D eigenvalue weighted by Gasteiger charge is -2.08. The minimum Gasteiger partial charge on any atom is -0.484 e. The molecule has 0 radical (unpaired) electrons. The Labute approximate surface area is 150 Å². The number of hydrogen-bond donors (Lipinski definition) is 2. The predicted molar refractivity (Wildman–Crippen MR) is 97.0 cm³/mol. The molecule has 0 aliphatic heterocycles. The van der Waals surface area contributed by atoms with Crippen LogP contribution in [0.3, 0.4) is 0 Å². The van der Waals surface area contributed by atoms with Crippen molar-refractivity contribution in [2.45, 2.75) is 0 Å². The molecule has 3 aromatic rings. The maximum atomic E-state index is 11.9. The third-order valence-electron chi connectivity index (χ3n) is 3.36. The number of hydrogen-bond acceptors (Lipinski definition) is 6. The van der Waals surface area contributed by atoms with Gasteiger partial charge in [0, 0.05) is 0 Å². The van der Waals surface area contributed by atoms with Crippen LogP contribution in [0.5, 0.6) is 5.75 Å². The molecule has 0 saturated heterocycles. The highest BCUT2D eigenvalue weighted by Gasteiger charge is 2.06. The molecule has 26 heavy (non-hydrogen) atoms. The van der Waals surface area contributed by atoms with Crippen molar-refractivity contribution in [2.75, 3.05) is 17.2 Å². The van der Waals surface area contributed by atoms with Gasteiger partial charge in [-0.1, -0.05) is 30.3 Å². The fourth-order valence-electron chi connectivity index (χ4n) is 2.14. The molecular weight excluding hydrogens is 330 g/mol. The normalized spacial score (nSPS) is 9.81. The Morgan fingerprint density at radius 1 is 0.962 bits per heavy atom. The standard InChI is InChI=1S/C19H15N5O2/c20-12-14-6-4-5-9-16(14)21-17-10-11-18(24-23-17)22-19(25)13-26-15-7-2-1-3-8-15/h1-11H,13H2,(H,21,23)(H,22,24,25). The highest BCUT2D eigenvalue weighted by Crippen LogP contribution is 2.18. The zero-order valence-corrected chi connectivity index (χ0v) is 13.7. The number of para-hydroxylation sites is 2. The first-order valence-corrected chi connectivity index (χ1v) is 7.82. The van der Waals surface area contributed by atoms with Crippen molar-refractivity contribution < 1.29 is 9.53 Å². The predicted octanol–water partition coefficient (Wildman–Crippen LogP) is 3.11. The van der Waals surface area contributed by atoms with Gasteiger partial charge >= 0.3 is 0 Å². The monoisotopic (exact) mass is 345 g/mol. The molecule has 1 heterocycles. The summed E-state index contributed by atoms with van der Waals surface area (Å²) in [6.07, 6.45) is 0.